The predicted molar refractivity (Wildman–Crippen MR) is 87.3 cm³/mol. The van der Waals surface area contributed by atoms with E-state index in [9.17, 15) is 4.79 Å². The number of nitrogens with zero attached hydrogens (tertiary/aromatic N) is 4. The monoisotopic (exact) mass is 302 g/mol. The number of aryl methyl sites for hydroxylation is 2. The van der Waals surface area contributed by atoms with Crippen LogP contribution in [0.15, 0.2) is 12.4 Å². The maximum atomic E-state index is 12.3. The summed E-state index contributed by atoms with van der Waals surface area (Å²) in [6, 6.07) is 0. The maximum absolute atomic E-state index is 12.3. The molecule has 1 aliphatic heterocycles. The van der Waals surface area contributed by atoms with Crippen LogP contribution in [0.2, 0.25) is 0 Å². The molecule has 120 valence electrons. The Morgan fingerprint density at radius 2 is 2.14 bits per heavy atom. The van der Waals surface area contributed by atoms with Gasteiger partial charge in [-0.3, -0.25) is 14.4 Å². The number of amides is 1. The Balaban J connectivity index is 1.76. The minimum Gasteiger partial charge on any atom is -0.341 e. The minimum absolute atomic E-state index is 0.231. The summed E-state index contributed by atoms with van der Waals surface area (Å²) < 4.78 is 1.84. The van der Waals surface area contributed by atoms with Gasteiger partial charge in [0.1, 0.15) is 0 Å². The molecule has 5 heteroatoms. The Morgan fingerprint density at radius 1 is 1.27 bits per heavy atom. The molecule has 2 heterocycles. The molecule has 5 nitrogen and oxygen atoms in total. The fourth-order valence-electron chi connectivity index (χ4n) is 2.63. The lowest BCUT2D eigenvalue weighted by Gasteiger charge is -2.21. The molecule has 22 heavy (non-hydrogen) atoms. The molecule has 1 aromatic heterocycles. The van der Waals surface area contributed by atoms with Crippen molar-refractivity contribution in [3.63, 3.8) is 0 Å². The molecule has 0 atom stereocenters. The van der Waals surface area contributed by atoms with Gasteiger partial charge in [0, 0.05) is 51.8 Å². The van der Waals surface area contributed by atoms with Crippen LogP contribution in [0, 0.1) is 18.8 Å². The van der Waals surface area contributed by atoms with Gasteiger partial charge in [0.05, 0.1) is 12.7 Å². The lowest BCUT2D eigenvalue weighted by molar-refractivity contribution is -0.131. The first-order chi connectivity index (χ1) is 10.7. The van der Waals surface area contributed by atoms with E-state index in [0.717, 1.165) is 51.1 Å². The SMILES string of the molecule is CCC#CCN1CCCN(C(=O)CCn2cc(C)cn2)CC1. The molecule has 1 aliphatic rings. The summed E-state index contributed by atoms with van der Waals surface area (Å²) in [4.78, 5) is 16.7. The molecule has 0 radical (unpaired) electrons. The zero-order valence-electron chi connectivity index (χ0n) is 13.7. The number of carbonyl (C=O) groups excluding carboxylic acids is 1. The highest BCUT2D eigenvalue weighted by molar-refractivity contribution is 5.76. The van der Waals surface area contributed by atoms with Gasteiger partial charge in [-0.05, 0) is 18.9 Å². The zero-order chi connectivity index (χ0) is 15.8. The molecule has 1 aromatic rings. The van der Waals surface area contributed by atoms with Crippen LogP contribution < -0.4 is 0 Å². The third-order valence-corrected chi connectivity index (χ3v) is 3.86. The van der Waals surface area contributed by atoms with Crippen molar-refractivity contribution in [2.24, 2.45) is 0 Å². The largest absolute Gasteiger partial charge is 0.341 e. The average Bonchev–Trinajstić information content (AvgIpc) is 2.78. The van der Waals surface area contributed by atoms with Crippen molar-refractivity contribution in [1.82, 2.24) is 19.6 Å². The quantitative estimate of drug-likeness (QED) is 0.792. The third kappa shape index (κ3) is 5.19. The summed E-state index contributed by atoms with van der Waals surface area (Å²) in [6.07, 6.45) is 6.26. The lowest BCUT2D eigenvalue weighted by atomic mass is 10.3. The fraction of sp³-hybridized carbons (Fsp3) is 0.647. The molecular weight excluding hydrogens is 276 g/mol. The molecule has 1 saturated heterocycles. The summed E-state index contributed by atoms with van der Waals surface area (Å²) in [5.74, 6) is 6.53. The summed E-state index contributed by atoms with van der Waals surface area (Å²) in [6.45, 7) is 9.18. The van der Waals surface area contributed by atoms with Gasteiger partial charge >= 0.3 is 0 Å². The van der Waals surface area contributed by atoms with E-state index in [1.165, 1.54) is 0 Å². The smallest absolute Gasteiger partial charge is 0.224 e. The third-order valence-electron chi connectivity index (χ3n) is 3.86. The van der Waals surface area contributed by atoms with Crippen LogP contribution in [0.5, 0.6) is 0 Å². The van der Waals surface area contributed by atoms with E-state index in [1.54, 1.807) is 0 Å². The normalized spacial score (nSPS) is 16.0. The first kappa shape index (κ1) is 16.6. The minimum atomic E-state index is 0.231. The van der Waals surface area contributed by atoms with Crippen LogP contribution in [0.25, 0.3) is 0 Å². The van der Waals surface area contributed by atoms with Crippen molar-refractivity contribution in [1.29, 1.82) is 0 Å². The standard InChI is InChI=1S/C17H26N4O/c1-3-4-5-8-19-9-6-10-20(13-12-19)17(22)7-11-21-15-16(2)14-18-21/h14-15H,3,6-13H2,1-2H3. The Labute approximate surface area is 133 Å². The molecule has 0 aliphatic carbocycles. The van der Waals surface area contributed by atoms with E-state index in [-0.39, 0.29) is 5.91 Å². The number of carbonyl (C=O) groups is 1. The summed E-state index contributed by atoms with van der Waals surface area (Å²) in [5, 5.41) is 4.23. The second-order valence-corrected chi connectivity index (χ2v) is 5.75. The van der Waals surface area contributed by atoms with E-state index in [2.05, 4.69) is 28.8 Å². The first-order valence-electron chi connectivity index (χ1n) is 8.14. The summed E-state index contributed by atoms with van der Waals surface area (Å²) >= 11 is 0. The molecule has 0 unspecified atom stereocenters. The highest BCUT2D eigenvalue weighted by atomic mass is 16.2. The zero-order valence-corrected chi connectivity index (χ0v) is 13.7. The molecule has 0 bridgehead atoms. The van der Waals surface area contributed by atoms with E-state index in [0.29, 0.717) is 13.0 Å². The lowest BCUT2D eigenvalue weighted by Crippen LogP contribution is -2.35. The molecular formula is C17H26N4O. The Kier molecular flexibility index (Phi) is 6.47. The molecule has 0 aromatic carbocycles. The van der Waals surface area contributed by atoms with Crippen molar-refractivity contribution < 1.29 is 4.79 Å². The topological polar surface area (TPSA) is 41.4 Å². The molecule has 0 spiro atoms. The van der Waals surface area contributed by atoms with Crippen LogP contribution in [0.4, 0.5) is 0 Å². The van der Waals surface area contributed by atoms with Crippen molar-refractivity contribution in [3.8, 4) is 11.8 Å². The highest BCUT2D eigenvalue weighted by Crippen LogP contribution is 2.06. The number of hydrogen-bond acceptors (Lipinski definition) is 3. The number of hydrogen-bond donors (Lipinski definition) is 0. The first-order valence-corrected chi connectivity index (χ1v) is 8.14. The van der Waals surface area contributed by atoms with Gasteiger partial charge in [0.25, 0.3) is 0 Å². The summed E-state index contributed by atoms with van der Waals surface area (Å²) in [5.41, 5.74) is 1.13. The second kappa shape index (κ2) is 8.60. The molecule has 1 fully saturated rings. The van der Waals surface area contributed by atoms with Gasteiger partial charge in [-0.2, -0.15) is 5.10 Å². The van der Waals surface area contributed by atoms with Gasteiger partial charge in [0.2, 0.25) is 5.91 Å². The van der Waals surface area contributed by atoms with E-state index < -0.39 is 0 Å². The summed E-state index contributed by atoms with van der Waals surface area (Å²) in [7, 11) is 0. The molecule has 0 N–H and O–H groups in total. The molecule has 1 amide bonds. The van der Waals surface area contributed by atoms with Crippen molar-refractivity contribution >= 4 is 5.91 Å². The Morgan fingerprint density at radius 3 is 2.86 bits per heavy atom. The van der Waals surface area contributed by atoms with Gasteiger partial charge in [0.15, 0.2) is 0 Å². The van der Waals surface area contributed by atoms with Gasteiger partial charge in [-0.25, -0.2) is 0 Å². The maximum Gasteiger partial charge on any atom is 0.224 e. The van der Waals surface area contributed by atoms with Crippen molar-refractivity contribution in [2.75, 3.05) is 32.7 Å². The van der Waals surface area contributed by atoms with Crippen LogP contribution >= 0.6 is 0 Å². The second-order valence-electron chi connectivity index (χ2n) is 5.75. The Hall–Kier alpha value is -1.80. The van der Waals surface area contributed by atoms with E-state index in [1.807, 2.05) is 28.9 Å². The van der Waals surface area contributed by atoms with Gasteiger partial charge in [-0.1, -0.05) is 12.8 Å². The Bertz CT molecular complexity index is 540. The van der Waals surface area contributed by atoms with Crippen LogP contribution in [0.1, 0.15) is 31.7 Å². The fourth-order valence-corrected chi connectivity index (χ4v) is 2.63. The average molecular weight is 302 g/mol. The van der Waals surface area contributed by atoms with Gasteiger partial charge in [-0.15, -0.1) is 5.92 Å². The van der Waals surface area contributed by atoms with Crippen LogP contribution in [0.3, 0.4) is 0 Å². The number of aromatic nitrogens is 2. The van der Waals surface area contributed by atoms with Crippen molar-refractivity contribution in [2.45, 2.75) is 39.7 Å². The van der Waals surface area contributed by atoms with Crippen LogP contribution in [-0.4, -0.2) is 58.2 Å². The molecule has 0 saturated carbocycles. The van der Waals surface area contributed by atoms with E-state index >= 15 is 0 Å². The highest BCUT2D eigenvalue weighted by Gasteiger charge is 2.18. The van der Waals surface area contributed by atoms with Gasteiger partial charge < -0.3 is 4.90 Å². The molecule has 2 rings (SSSR count). The number of rotatable bonds is 4. The predicted octanol–water partition coefficient (Wildman–Crippen LogP) is 1.53. The van der Waals surface area contributed by atoms with Crippen LogP contribution in [-0.2, 0) is 11.3 Å². The van der Waals surface area contributed by atoms with E-state index in [4.69, 9.17) is 0 Å². The van der Waals surface area contributed by atoms with Crippen molar-refractivity contribution in [3.05, 3.63) is 18.0 Å².